The number of alkyl carbamates (subject to hydrolysis) is 1. The van der Waals surface area contributed by atoms with Crippen LogP contribution in [0.5, 0.6) is 5.75 Å². The van der Waals surface area contributed by atoms with Crippen LogP contribution < -0.4 is 27.4 Å². The third kappa shape index (κ3) is 15.1. The molecule has 9 N–H and O–H groups in total. The average molecular weight is 891 g/mol. The van der Waals surface area contributed by atoms with Gasteiger partial charge in [0.25, 0.3) is 0 Å². The largest absolute Gasteiger partial charge is 0.508 e. The lowest BCUT2D eigenvalue weighted by Crippen LogP contribution is -2.60. The molecule has 0 fully saturated rings. The third-order valence-electron chi connectivity index (χ3n) is 10.5. The number of carboxylic acids is 1. The minimum absolute atomic E-state index is 0.106. The first-order chi connectivity index (χ1) is 30.3. The minimum Gasteiger partial charge on any atom is -0.508 e. The maximum atomic E-state index is 14.3. The normalized spacial score (nSPS) is 14.6. The molecular weight excluding hydrogens is 838 g/mol. The Hall–Kier alpha value is -6.95. The Bertz CT molecular complexity index is 2220. The molecule has 0 radical (unpaired) electrons. The molecule has 64 heavy (non-hydrogen) atoms. The van der Waals surface area contributed by atoms with Gasteiger partial charge >= 0.3 is 18.2 Å². The number of primary amides is 1. The number of nitrogens with one attached hydrogen (secondary N) is 3. The molecule has 4 aromatic rings. The second-order valence-corrected chi connectivity index (χ2v) is 15.3. The van der Waals surface area contributed by atoms with E-state index >= 15 is 0 Å². The summed E-state index contributed by atoms with van der Waals surface area (Å²) in [7, 11) is 0. The predicted octanol–water partition coefficient (Wildman–Crippen LogP) is 4.26. The van der Waals surface area contributed by atoms with Crippen molar-refractivity contribution in [2.24, 2.45) is 11.5 Å². The molecule has 15 nitrogen and oxygen atoms in total. The van der Waals surface area contributed by atoms with Gasteiger partial charge in [0.15, 0.2) is 0 Å². The van der Waals surface area contributed by atoms with E-state index in [1.165, 1.54) is 4.90 Å². The Kier molecular flexibility index (Phi) is 18.2. The zero-order valence-electron chi connectivity index (χ0n) is 35.4. The molecule has 342 valence electrons. The number of rotatable bonds is 17. The first-order valence-electron chi connectivity index (χ1n) is 20.4. The lowest BCUT2D eigenvalue weighted by Gasteiger charge is -2.38. The van der Waals surface area contributed by atoms with Gasteiger partial charge in [0, 0.05) is 25.9 Å². The van der Waals surface area contributed by atoms with Crippen LogP contribution >= 0.6 is 0 Å². The number of nitrogens with two attached hydrogens (primary N) is 2. The van der Waals surface area contributed by atoms with Gasteiger partial charge in [-0.3, -0.25) is 19.2 Å². The van der Waals surface area contributed by atoms with Crippen molar-refractivity contribution in [1.82, 2.24) is 20.9 Å². The standard InChI is InChI=1S/C44H52N6O7.C2HF3O2/c1-28-21-34(51)22-29(2)35(28)25-36(45)43(55)50-26-33-18-10-9-17-32(33)24-39(50)42(54)49-38(23-30-13-5-3-6-14-30)41(53)48-37(40(46)52)19-11-12-20-47-44(56)57-27-31-15-7-4-8-16-31;3-2(4,5)1(6)7/h3-10,13-18,21-22,36-39,51H,11-12,19-20,23-27,45H2,1-2H3,(H2,46,52)(H,47,56)(H,48,53)(H,49,54);(H,6,7)/t36-,37-,38-,39-;/m0./s1. The van der Waals surface area contributed by atoms with Crippen molar-refractivity contribution >= 4 is 35.7 Å². The molecular formula is C46H53F3N6O9. The lowest BCUT2D eigenvalue weighted by molar-refractivity contribution is -0.192. The molecule has 0 saturated carbocycles. The number of hydrogen-bond donors (Lipinski definition) is 7. The maximum Gasteiger partial charge on any atom is 0.490 e. The number of carbonyl (C=O) groups excluding carboxylic acids is 5. The summed E-state index contributed by atoms with van der Waals surface area (Å²) in [4.78, 5) is 77.4. The molecule has 1 heterocycles. The first kappa shape index (κ1) is 49.7. The van der Waals surface area contributed by atoms with Crippen LogP contribution in [0.25, 0.3) is 0 Å². The molecule has 5 amide bonds. The number of carboxylic acid groups (broad SMARTS) is 1. The van der Waals surface area contributed by atoms with E-state index < -0.39 is 66.0 Å². The first-order valence-corrected chi connectivity index (χ1v) is 20.4. The van der Waals surface area contributed by atoms with Crippen LogP contribution in [-0.2, 0) is 61.1 Å². The molecule has 0 aromatic heterocycles. The van der Waals surface area contributed by atoms with Crippen molar-refractivity contribution in [3.8, 4) is 5.75 Å². The lowest BCUT2D eigenvalue weighted by atomic mass is 9.91. The molecule has 0 spiro atoms. The second-order valence-electron chi connectivity index (χ2n) is 15.3. The summed E-state index contributed by atoms with van der Waals surface area (Å²) >= 11 is 0. The van der Waals surface area contributed by atoms with Crippen LogP contribution in [0, 0.1) is 13.8 Å². The number of aliphatic carboxylic acids is 1. The number of carbonyl (C=O) groups is 6. The van der Waals surface area contributed by atoms with E-state index in [1.807, 2.05) is 98.8 Å². The van der Waals surface area contributed by atoms with Gasteiger partial charge in [-0.25, -0.2) is 9.59 Å². The Morgan fingerprint density at radius 1 is 0.812 bits per heavy atom. The summed E-state index contributed by atoms with van der Waals surface area (Å²) in [6.45, 7) is 4.26. The van der Waals surface area contributed by atoms with Gasteiger partial charge in [0.05, 0.1) is 6.04 Å². The smallest absolute Gasteiger partial charge is 0.490 e. The summed E-state index contributed by atoms with van der Waals surface area (Å²) in [6.07, 6.45) is -4.00. The highest BCUT2D eigenvalue weighted by atomic mass is 19.4. The van der Waals surface area contributed by atoms with Gasteiger partial charge in [-0.15, -0.1) is 0 Å². The number of nitrogens with zero attached hydrogens (tertiary/aromatic N) is 1. The fourth-order valence-electron chi connectivity index (χ4n) is 7.12. The van der Waals surface area contributed by atoms with Crippen molar-refractivity contribution < 1.29 is 56.9 Å². The molecule has 1 aliphatic heterocycles. The van der Waals surface area contributed by atoms with E-state index in [0.29, 0.717) is 12.8 Å². The number of halogens is 3. The van der Waals surface area contributed by atoms with Gasteiger partial charge in [-0.2, -0.15) is 13.2 Å². The van der Waals surface area contributed by atoms with Crippen LogP contribution in [0.15, 0.2) is 97.1 Å². The third-order valence-corrected chi connectivity index (χ3v) is 10.5. The fraction of sp³-hybridized carbons (Fsp3) is 0.348. The number of ether oxygens (including phenoxy) is 1. The molecule has 18 heteroatoms. The predicted molar refractivity (Wildman–Crippen MR) is 229 cm³/mol. The Morgan fingerprint density at radius 3 is 1.95 bits per heavy atom. The van der Waals surface area contributed by atoms with Crippen molar-refractivity contribution in [3.05, 3.63) is 136 Å². The number of fused-ring (bicyclic) bond motifs is 1. The fourth-order valence-corrected chi connectivity index (χ4v) is 7.12. The van der Waals surface area contributed by atoms with Gasteiger partial charge in [-0.05, 0) is 90.6 Å². The molecule has 4 atom stereocenters. The van der Waals surface area contributed by atoms with Crippen LogP contribution in [0.4, 0.5) is 18.0 Å². The van der Waals surface area contributed by atoms with Crippen LogP contribution in [0.2, 0.25) is 0 Å². The summed E-state index contributed by atoms with van der Waals surface area (Å²) in [6, 6.07) is 25.1. The van der Waals surface area contributed by atoms with Gasteiger partial charge in [-0.1, -0.05) is 84.9 Å². The van der Waals surface area contributed by atoms with Gasteiger partial charge in [0.1, 0.15) is 30.5 Å². The Labute approximate surface area is 368 Å². The topological polar surface area (TPSA) is 243 Å². The number of aryl methyl sites for hydroxylation is 2. The van der Waals surface area contributed by atoms with Crippen LogP contribution in [0.3, 0.4) is 0 Å². The van der Waals surface area contributed by atoms with Crippen molar-refractivity contribution in [1.29, 1.82) is 0 Å². The zero-order chi connectivity index (χ0) is 47.0. The van der Waals surface area contributed by atoms with Crippen LogP contribution in [0.1, 0.15) is 58.2 Å². The van der Waals surface area contributed by atoms with Crippen molar-refractivity contribution in [2.75, 3.05) is 6.54 Å². The summed E-state index contributed by atoms with van der Waals surface area (Å²) in [5.74, 6) is -4.94. The summed E-state index contributed by atoms with van der Waals surface area (Å²) in [5.41, 5.74) is 18.1. The van der Waals surface area contributed by atoms with E-state index in [1.54, 1.807) is 12.1 Å². The van der Waals surface area contributed by atoms with E-state index in [2.05, 4.69) is 16.0 Å². The molecule has 0 bridgehead atoms. The molecule has 0 saturated heterocycles. The van der Waals surface area contributed by atoms with Crippen molar-refractivity contribution in [2.45, 2.75) is 95.9 Å². The quantitative estimate of drug-likeness (QED) is 0.0743. The highest BCUT2D eigenvalue weighted by Crippen LogP contribution is 2.27. The minimum atomic E-state index is -5.08. The number of alkyl halides is 3. The van der Waals surface area contributed by atoms with Gasteiger partial charge in [0.2, 0.25) is 23.6 Å². The Morgan fingerprint density at radius 2 is 1.38 bits per heavy atom. The second kappa shape index (κ2) is 23.5. The number of unbranched alkanes of at least 4 members (excludes halogenated alkanes) is 1. The number of phenolic OH excluding ortho intramolecular Hbond substituents is 1. The van der Waals surface area contributed by atoms with Crippen LogP contribution in [-0.4, -0.2) is 87.7 Å². The molecule has 4 aromatic carbocycles. The van der Waals surface area contributed by atoms with E-state index in [9.17, 15) is 42.3 Å². The van der Waals surface area contributed by atoms with E-state index in [4.69, 9.17) is 26.1 Å². The van der Waals surface area contributed by atoms with Gasteiger partial charge < -0.3 is 47.3 Å². The summed E-state index contributed by atoms with van der Waals surface area (Å²) < 4.78 is 37.0. The SMILES string of the molecule is Cc1cc(O)cc(C)c1C[C@H](N)C(=O)N1Cc2ccccc2C[C@H]1C(=O)N[C@@H](Cc1ccccc1)C(=O)N[C@@H](CCCCNC(=O)OCc1ccccc1)C(N)=O.O=C(O)C(F)(F)F. The summed E-state index contributed by atoms with van der Waals surface area (Å²) in [5, 5.41) is 25.5. The molecule has 0 unspecified atom stereocenters. The highest BCUT2D eigenvalue weighted by molar-refractivity contribution is 5.95. The number of amides is 5. The number of hydrogen-bond acceptors (Lipinski definition) is 9. The number of aromatic hydroxyl groups is 1. The van der Waals surface area contributed by atoms with E-state index in [-0.39, 0.29) is 51.1 Å². The maximum absolute atomic E-state index is 14.3. The molecule has 5 rings (SSSR count). The van der Waals surface area contributed by atoms with E-state index in [0.717, 1.165) is 38.9 Å². The molecule has 1 aliphatic rings. The van der Waals surface area contributed by atoms with Crippen molar-refractivity contribution in [3.63, 3.8) is 0 Å². The average Bonchev–Trinajstić information content (AvgIpc) is 3.25. The zero-order valence-corrected chi connectivity index (χ0v) is 35.4. The highest BCUT2D eigenvalue weighted by Gasteiger charge is 2.39. The number of benzene rings is 4. The number of phenols is 1. The Balaban J connectivity index is 0.00000118. The molecule has 0 aliphatic carbocycles. The monoisotopic (exact) mass is 890 g/mol.